The predicted octanol–water partition coefficient (Wildman–Crippen LogP) is 5.14. The third-order valence-corrected chi connectivity index (χ3v) is 7.70. The van der Waals surface area contributed by atoms with Crippen LogP contribution in [-0.2, 0) is 17.6 Å². The van der Waals surface area contributed by atoms with E-state index in [0.29, 0.717) is 12.3 Å². The number of nitro benzene ring substituents is 2. The van der Waals surface area contributed by atoms with Gasteiger partial charge in [0.1, 0.15) is 10.6 Å². The average molecular weight is 476 g/mol. The minimum Gasteiger partial charge on any atom is -0.465 e. The number of ether oxygens (including phenoxy) is 1. The molecule has 0 aliphatic heterocycles. The molecule has 1 amide bonds. The van der Waals surface area contributed by atoms with Crippen molar-refractivity contribution in [3.63, 3.8) is 0 Å². The highest BCUT2D eigenvalue weighted by atomic mass is 32.1. The van der Waals surface area contributed by atoms with Gasteiger partial charge in [0.25, 0.3) is 17.3 Å². The van der Waals surface area contributed by atoms with Gasteiger partial charge in [0.15, 0.2) is 0 Å². The van der Waals surface area contributed by atoms with Crippen molar-refractivity contribution in [2.24, 2.45) is 11.3 Å². The van der Waals surface area contributed by atoms with Gasteiger partial charge in [-0.25, -0.2) is 4.79 Å². The molecule has 1 atom stereocenters. The lowest BCUT2D eigenvalue weighted by Gasteiger charge is -2.36. The number of nitrogens with zero attached hydrogens (tertiary/aromatic N) is 2. The Morgan fingerprint density at radius 1 is 1.24 bits per heavy atom. The van der Waals surface area contributed by atoms with Crippen LogP contribution in [0, 0.1) is 31.6 Å². The number of rotatable bonds is 7. The summed E-state index contributed by atoms with van der Waals surface area (Å²) >= 11 is 1.27. The monoisotopic (exact) mass is 475 g/mol. The summed E-state index contributed by atoms with van der Waals surface area (Å²) in [4.78, 5) is 47.3. The number of nitro groups is 2. The van der Waals surface area contributed by atoms with Crippen LogP contribution in [0.2, 0.25) is 0 Å². The Morgan fingerprint density at radius 2 is 1.94 bits per heavy atom. The highest BCUT2D eigenvalue weighted by Gasteiger charge is 2.36. The van der Waals surface area contributed by atoms with Gasteiger partial charge in [-0.2, -0.15) is 0 Å². The van der Waals surface area contributed by atoms with Crippen LogP contribution in [0.15, 0.2) is 18.2 Å². The Kier molecular flexibility index (Phi) is 6.82. The molecule has 1 aliphatic carbocycles. The van der Waals surface area contributed by atoms with E-state index >= 15 is 0 Å². The molecule has 0 saturated heterocycles. The SMILES string of the molecule is CCC(C)(C)C1CCc2c(sc(NC(=O)c3ccc([N+](=O)[O-])cc3[N+](=O)[O-])c2C(=O)OC)C1. The predicted molar refractivity (Wildman–Crippen MR) is 123 cm³/mol. The third kappa shape index (κ3) is 4.72. The van der Waals surface area contributed by atoms with Crippen LogP contribution < -0.4 is 5.32 Å². The van der Waals surface area contributed by atoms with Crippen molar-refractivity contribution in [3.8, 4) is 0 Å². The van der Waals surface area contributed by atoms with Gasteiger partial charge >= 0.3 is 5.97 Å². The summed E-state index contributed by atoms with van der Waals surface area (Å²) in [6.07, 6.45) is 3.34. The van der Waals surface area contributed by atoms with Crippen molar-refractivity contribution in [1.82, 2.24) is 0 Å². The second-order valence-corrected chi connectivity index (χ2v) is 9.76. The zero-order valence-electron chi connectivity index (χ0n) is 18.8. The number of carbonyl (C=O) groups excluding carboxylic acids is 2. The Hall–Kier alpha value is -3.34. The van der Waals surface area contributed by atoms with E-state index in [4.69, 9.17) is 4.74 Å². The number of benzene rings is 1. The second-order valence-electron chi connectivity index (χ2n) is 8.65. The van der Waals surface area contributed by atoms with Crippen molar-refractivity contribution in [1.29, 1.82) is 0 Å². The van der Waals surface area contributed by atoms with E-state index in [-0.39, 0.29) is 21.5 Å². The molecular weight excluding hydrogens is 450 g/mol. The highest BCUT2D eigenvalue weighted by Crippen LogP contribution is 2.45. The average Bonchev–Trinajstić information content (AvgIpc) is 3.14. The molecule has 1 aliphatic rings. The number of hydrogen-bond donors (Lipinski definition) is 1. The first kappa shape index (κ1) is 24.3. The number of thiophene rings is 1. The highest BCUT2D eigenvalue weighted by molar-refractivity contribution is 7.17. The van der Waals surface area contributed by atoms with Crippen molar-refractivity contribution in [2.45, 2.75) is 46.5 Å². The van der Waals surface area contributed by atoms with E-state index in [1.807, 2.05) is 0 Å². The molecule has 0 saturated carbocycles. The lowest BCUT2D eigenvalue weighted by atomic mass is 9.69. The van der Waals surface area contributed by atoms with E-state index in [2.05, 4.69) is 26.1 Å². The molecule has 3 rings (SSSR count). The summed E-state index contributed by atoms with van der Waals surface area (Å²) in [5.41, 5.74) is -0.294. The lowest BCUT2D eigenvalue weighted by Crippen LogP contribution is -2.28. The summed E-state index contributed by atoms with van der Waals surface area (Å²) in [7, 11) is 1.25. The topological polar surface area (TPSA) is 142 Å². The number of esters is 1. The Bertz CT molecular complexity index is 1140. The maximum Gasteiger partial charge on any atom is 0.341 e. The normalized spacial score (nSPS) is 15.5. The number of anilines is 1. The maximum absolute atomic E-state index is 12.9. The molecule has 1 N–H and O–H groups in total. The number of non-ortho nitro benzene ring substituents is 1. The van der Waals surface area contributed by atoms with Gasteiger partial charge in [-0.05, 0) is 42.2 Å². The standard InChI is InChI=1S/C22H25N3O7S/c1-5-22(2,3)12-6-8-15-17(10-12)33-20(18(15)21(27)32-4)23-19(26)14-9-7-13(24(28)29)11-16(14)25(30)31/h7,9,11-12H,5-6,8,10H2,1-4H3,(H,23,26). The summed E-state index contributed by atoms with van der Waals surface area (Å²) in [5, 5.41) is 25.3. The molecule has 2 aromatic rings. The third-order valence-electron chi connectivity index (χ3n) is 6.53. The molecule has 0 radical (unpaired) electrons. The molecule has 0 fully saturated rings. The molecule has 33 heavy (non-hydrogen) atoms. The van der Waals surface area contributed by atoms with Crippen LogP contribution in [0.4, 0.5) is 16.4 Å². The quantitative estimate of drug-likeness (QED) is 0.332. The van der Waals surface area contributed by atoms with Gasteiger partial charge < -0.3 is 10.1 Å². The van der Waals surface area contributed by atoms with Gasteiger partial charge in [-0.3, -0.25) is 25.0 Å². The molecule has 1 aromatic heterocycles. The van der Waals surface area contributed by atoms with E-state index in [1.165, 1.54) is 18.4 Å². The van der Waals surface area contributed by atoms with E-state index in [1.54, 1.807) is 0 Å². The van der Waals surface area contributed by atoms with Crippen LogP contribution in [-0.4, -0.2) is 28.8 Å². The zero-order valence-corrected chi connectivity index (χ0v) is 19.6. The molecule has 10 nitrogen and oxygen atoms in total. The van der Waals surface area contributed by atoms with Crippen molar-refractivity contribution in [2.75, 3.05) is 12.4 Å². The fraction of sp³-hybridized carbons (Fsp3) is 0.455. The number of carbonyl (C=O) groups is 2. The van der Waals surface area contributed by atoms with Gasteiger partial charge in [-0.15, -0.1) is 11.3 Å². The fourth-order valence-electron chi connectivity index (χ4n) is 4.09. The van der Waals surface area contributed by atoms with Crippen LogP contribution in [0.3, 0.4) is 0 Å². The number of hydrogen-bond acceptors (Lipinski definition) is 8. The molecule has 0 spiro atoms. The summed E-state index contributed by atoms with van der Waals surface area (Å²) in [5.74, 6) is -1.00. The van der Waals surface area contributed by atoms with Gasteiger partial charge in [0.05, 0.1) is 28.6 Å². The van der Waals surface area contributed by atoms with E-state index in [0.717, 1.165) is 47.9 Å². The Labute approximate surface area is 194 Å². The Balaban J connectivity index is 1.99. The first-order valence-corrected chi connectivity index (χ1v) is 11.3. The van der Waals surface area contributed by atoms with Crippen LogP contribution in [0.1, 0.15) is 64.8 Å². The van der Waals surface area contributed by atoms with Crippen LogP contribution >= 0.6 is 11.3 Å². The maximum atomic E-state index is 12.9. The summed E-state index contributed by atoms with van der Waals surface area (Å²) in [6.45, 7) is 6.58. The summed E-state index contributed by atoms with van der Waals surface area (Å²) < 4.78 is 4.94. The number of amides is 1. The molecule has 1 unspecified atom stereocenters. The first-order chi connectivity index (χ1) is 15.5. The largest absolute Gasteiger partial charge is 0.465 e. The van der Waals surface area contributed by atoms with Crippen LogP contribution in [0.5, 0.6) is 0 Å². The minimum absolute atomic E-state index is 0.121. The number of methoxy groups -OCH3 is 1. The van der Waals surface area contributed by atoms with Gasteiger partial charge in [0, 0.05) is 10.9 Å². The lowest BCUT2D eigenvalue weighted by molar-refractivity contribution is -0.394. The van der Waals surface area contributed by atoms with E-state index in [9.17, 15) is 29.8 Å². The van der Waals surface area contributed by atoms with Crippen molar-refractivity contribution < 1.29 is 24.2 Å². The number of fused-ring (bicyclic) bond motifs is 1. The zero-order chi connectivity index (χ0) is 24.5. The molecular formula is C22H25N3O7S. The minimum atomic E-state index is -0.847. The van der Waals surface area contributed by atoms with Crippen molar-refractivity contribution in [3.05, 3.63) is 60.0 Å². The van der Waals surface area contributed by atoms with Crippen molar-refractivity contribution >= 4 is 39.6 Å². The number of nitrogens with one attached hydrogen (secondary N) is 1. The smallest absolute Gasteiger partial charge is 0.341 e. The van der Waals surface area contributed by atoms with Crippen LogP contribution in [0.25, 0.3) is 0 Å². The fourth-order valence-corrected chi connectivity index (χ4v) is 5.41. The Morgan fingerprint density at radius 3 is 2.52 bits per heavy atom. The molecule has 176 valence electrons. The summed E-state index contributed by atoms with van der Waals surface area (Å²) in [6, 6.07) is 2.81. The van der Waals surface area contributed by atoms with E-state index < -0.39 is 33.1 Å². The molecule has 1 aromatic carbocycles. The molecule has 11 heteroatoms. The molecule has 0 bridgehead atoms. The first-order valence-electron chi connectivity index (χ1n) is 10.5. The van der Waals surface area contributed by atoms with Gasteiger partial charge in [0.2, 0.25) is 0 Å². The van der Waals surface area contributed by atoms with Gasteiger partial charge in [-0.1, -0.05) is 27.2 Å². The second kappa shape index (κ2) is 9.26. The molecule has 1 heterocycles.